The Hall–Kier alpha value is -1.25. The van der Waals surface area contributed by atoms with Crippen LogP contribution in [-0.4, -0.2) is 70.0 Å². The van der Waals surface area contributed by atoms with E-state index in [0.717, 1.165) is 44.9 Å². The summed E-state index contributed by atoms with van der Waals surface area (Å²) in [6, 6.07) is 0. The number of ether oxygens (including phenoxy) is 2. The Morgan fingerprint density at radius 3 is 1.63 bits per heavy atom. The normalized spacial score (nSPS) is 13.7. The number of likely N-dealkylation sites (N-methyl/N-ethyl adjacent to an activating group) is 1. The molecule has 0 rings (SSSR count). The molecule has 0 spiro atoms. The predicted molar refractivity (Wildman–Crippen MR) is 185 cm³/mol. The van der Waals surface area contributed by atoms with Crippen LogP contribution in [0.15, 0.2) is 12.7 Å². The lowest BCUT2D eigenvalue weighted by atomic mass is 10.0. The van der Waals surface area contributed by atoms with Crippen LogP contribution in [0.3, 0.4) is 0 Å². The van der Waals surface area contributed by atoms with Crippen LogP contribution in [0, 0.1) is 0 Å². The summed E-state index contributed by atoms with van der Waals surface area (Å²) in [6.07, 6.45) is 25.8. The van der Waals surface area contributed by atoms with Crippen molar-refractivity contribution in [2.24, 2.45) is 0 Å². The number of hydrogen-bond donors (Lipinski definition) is 0. The zero-order valence-electron chi connectivity index (χ0n) is 30.1. The molecule has 0 bridgehead atoms. The van der Waals surface area contributed by atoms with E-state index in [1.165, 1.54) is 83.5 Å². The van der Waals surface area contributed by atoms with Gasteiger partial charge in [0.1, 0.15) is 19.8 Å². The number of quaternary nitrogens is 1. The maximum Gasteiger partial charge on any atom is 0.306 e. The minimum absolute atomic E-state index is 0.0289. The number of carbonyl (C=O) groups is 2. The first-order valence-electron chi connectivity index (χ1n) is 18.4. The molecule has 10 heteroatoms. The van der Waals surface area contributed by atoms with Crippen LogP contribution in [-0.2, 0) is 32.7 Å². The van der Waals surface area contributed by atoms with Crippen molar-refractivity contribution in [1.29, 1.82) is 0 Å². The highest BCUT2D eigenvalue weighted by atomic mass is 31.2. The summed E-state index contributed by atoms with van der Waals surface area (Å²) in [6.45, 7) is 5.68. The molecule has 0 aromatic rings. The lowest BCUT2D eigenvalue weighted by molar-refractivity contribution is -0.870. The molecule has 0 aromatic heterocycles. The van der Waals surface area contributed by atoms with Gasteiger partial charge in [-0.3, -0.25) is 14.2 Å². The van der Waals surface area contributed by atoms with Crippen LogP contribution in [0.1, 0.15) is 155 Å². The van der Waals surface area contributed by atoms with Gasteiger partial charge in [-0.05, 0) is 25.7 Å². The van der Waals surface area contributed by atoms with E-state index in [2.05, 4.69) is 13.5 Å². The smallest absolute Gasteiger partial charge is 0.306 e. The van der Waals surface area contributed by atoms with Gasteiger partial charge in [0.05, 0.1) is 27.7 Å². The number of hydrogen-bond acceptors (Lipinski definition) is 8. The Bertz CT molecular complexity index is 801. The zero-order valence-corrected chi connectivity index (χ0v) is 31.0. The third-order valence-electron chi connectivity index (χ3n) is 7.93. The average Bonchev–Trinajstić information content (AvgIpc) is 2.99. The predicted octanol–water partition coefficient (Wildman–Crippen LogP) is 8.83. The molecule has 0 N–H and O–H groups in total. The van der Waals surface area contributed by atoms with E-state index in [-0.39, 0.29) is 26.1 Å². The van der Waals surface area contributed by atoms with Gasteiger partial charge in [-0.1, -0.05) is 122 Å². The second-order valence-electron chi connectivity index (χ2n) is 13.7. The monoisotopic (exact) mass is 675 g/mol. The van der Waals surface area contributed by atoms with Crippen molar-refractivity contribution in [3.05, 3.63) is 12.7 Å². The maximum atomic E-state index is 12.6. The molecule has 0 aromatic carbocycles. The van der Waals surface area contributed by atoms with Gasteiger partial charge in [0.2, 0.25) is 0 Å². The molecule has 0 saturated heterocycles. The van der Waals surface area contributed by atoms with Gasteiger partial charge in [-0.2, -0.15) is 0 Å². The molecule has 0 saturated carbocycles. The quantitative estimate of drug-likeness (QED) is 0.0219. The van der Waals surface area contributed by atoms with E-state index < -0.39 is 32.5 Å². The van der Waals surface area contributed by atoms with Crippen molar-refractivity contribution in [2.75, 3.05) is 47.5 Å². The number of carbonyl (C=O) groups excluding carboxylic acids is 2. The van der Waals surface area contributed by atoms with Gasteiger partial charge in [0.25, 0.3) is 7.82 Å². The van der Waals surface area contributed by atoms with Gasteiger partial charge in [0.15, 0.2) is 6.10 Å². The van der Waals surface area contributed by atoms with Gasteiger partial charge < -0.3 is 27.9 Å². The Labute approximate surface area is 282 Å². The molecule has 272 valence electrons. The van der Waals surface area contributed by atoms with E-state index in [1.54, 1.807) is 0 Å². The van der Waals surface area contributed by atoms with Crippen molar-refractivity contribution < 1.29 is 42.1 Å². The van der Waals surface area contributed by atoms with Crippen molar-refractivity contribution in [3.63, 3.8) is 0 Å². The molecular formula is C36H70NO8P. The molecule has 1 unspecified atom stereocenters. The largest absolute Gasteiger partial charge is 0.756 e. The number of rotatable bonds is 34. The van der Waals surface area contributed by atoms with Crippen molar-refractivity contribution in [1.82, 2.24) is 0 Å². The number of esters is 2. The minimum Gasteiger partial charge on any atom is -0.756 e. The number of phosphoric acid groups is 1. The second-order valence-corrected chi connectivity index (χ2v) is 15.1. The molecular weight excluding hydrogens is 605 g/mol. The molecule has 0 aliphatic rings. The summed E-state index contributed by atoms with van der Waals surface area (Å²) < 4.78 is 33.6. The fraction of sp³-hybridized carbons (Fsp3) is 0.889. The summed E-state index contributed by atoms with van der Waals surface area (Å²) in [5, 5.41) is 0. The Balaban J connectivity index is 4.36. The van der Waals surface area contributed by atoms with E-state index in [9.17, 15) is 19.0 Å². The van der Waals surface area contributed by atoms with Crippen LogP contribution in [0.4, 0.5) is 0 Å². The molecule has 2 atom stereocenters. The van der Waals surface area contributed by atoms with Gasteiger partial charge in [0, 0.05) is 12.8 Å². The SMILES string of the molecule is C=CCCCCCCCCCCCCCCCC(=O)O[C@H](COC(=O)CCCCCCCCC)COP(=O)([O-])OCC[N+](C)(C)C. The van der Waals surface area contributed by atoms with E-state index >= 15 is 0 Å². The van der Waals surface area contributed by atoms with Crippen LogP contribution < -0.4 is 4.89 Å². The van der Waals surface area contributed by atoms with Crippen LogP contribution >= 0.6 is 7.82 Å². The Kier molecular flexibility index (Phi) is 29.0. The first-order chi connectivity index (χ1) is 22.0. The summed E-state index contributed by atoms with van der Waals surface area (Å²) in [7, 11) is 1.17. The van der Waals surface area contributed by atoms with Gasteiger partial charge in [-0.15, -0.1) is 6.58 Å². The number of allylic oxidation sites excluding steroid dienone is 1. The molecule has 0 aliphatic carbocycles. The van der Waals surface area contributed by atoms with Crippen molar-refractivity contribution in [3.8, 4) is 0 Å². The second kappa shape index (κ2) is 29.9. The van der Waals surface area contributed by atoms with Crippen molar-refractivity contribution >= 4 is 19.8 Å². The summed E-state index contributed by atoms with van der Waals surface area (Å²) in [5.74, 6) is -0.841. The third-order valence-corrected chi connectivity index (χ3v) is 8.90. The van der Waals surface area contributed by atoms with E-state index in [0.29, 0.717) is 17.4 Å². The van der Waals surface area contributed by atoms with Crippen LogP contribution in [0.5, 0.6) is 0 Å². The molecule has 0 radical (unpaired) electrons. The number of nitrogens with zero attached hydrogens (tertiary/aromatic N) is 1. The summed E-state index contributed by atoms with van der Waals surface area (Å²) >= 11 is 0. The molecule has 9 nitrogen and oxygen atoms in total. The zero-order chi connectivity index (χ0) is 34.4. The highest BCUT2D eigenvalue weighted by Gasteiger charge is 2.21. The van der Waals surface area contributed by atoms with Crippen molar-refractivity contribution in [2.45, 2.75) is 161 Å². The molecule has 46 heavy (non-hydrogen) atoms. The fourth-order valence-electron chi connectivity index (χ4n) is 4.99. The minimum atomic E-state index is -4.61. The first-order valence-corrected chi connectivity index (χ1v) is 19.8. The first kappa shape index (κ1) is 44.8. The molecule has 0 fully saturated rings. The fourth-order valence-corrected chi connectivity index (χ4v) is 5.71. The molecule has 0 amide bonds. The molecule has 0 heterocycles. The Morgan fingerprint density at radius 1 is 0.696 bits per heavy atom. The highest BCUT2D eigenvalue weighted by Crippen LogP contribution is 2.38. The van der Waals surface area contributed by atoms with E-state index in [1.807, 2.05) is 27.2 Å². The summed E-state index contributed by atoms with van der Waals surface area (Å²) in [4.78, 5) is 37.1. The lowest BCUT2D eigenvalue weighted by Crippen LogP contribution is -2.37. The number of unbranched alkanes of at least 4 members (excludes halogenated alkanes) is 19. The standard InChI is InChI=1S/C36H70NO8P/c1-6-8-10-12-14-15-16-17-18-19-20-21-23-25-27-29-36(39)45-34(33-44-46(40,41)43-31-30-37(3,4)5)32-42-35(38)28-26-24-22-13-11-9-7-2/h6,34H,1,7-33H2,2-5H3/t34-/m1/s1. The van der Waals surface area contributed by atoms with Crippen LogP contribution in [0.2, 0.25) is 0 Å². The Morgan fingerprint density at radius 2 is 1.15 bits per heavy atom. The van der Waals surface area contributed by atoms with Gasteiger partial charge >= 0.3 is 11.9 Å². The van der Waals surface area contributed by atoms with E-state index in [4.69, 9.17) is 18.5 Å². The topological polar surface area (TPSA) is 111 Å². The highest BCUT2D eigenvalue weighted by molar-refractivity contribution is 7.45. The van der Waals surface area contributed by atoms with Gasteiger partial charge in [-0.25, -0.2) is 0 Å². The maximum absolute atomic E-state index is 12.6. The lowest BCUT2D eigenvalue weighted by Gasteiger charge is -2.28. The number of phosphoric ester groups is 1. The summed E-state index contributed by atoms with van der Waals surface area (Å²) in [5.41, 5.74) is 0. The average molecular weight is 676 g/mol. The third kappa shape index (κ3) is 32.7. The van der Waals surface area contributed by atoms with Crippen LogP contribution in [0.25, 0.3) is 0 Å². The molecule has 0 aliphatic heterocycles.